The minimum atomic E-state index is -0.396. The van der Waals surface area contributed by atoms with Crippen LogP contribution in [0.5, 0.6) is 0 Å². The zero-order valence-corrected chi connectivity index (χ0v) is 15.0. The maximum atomic E-state index is 13.5. The molecule has 25 heavy (non-hydrogen) atoms. The Kier molecular flexibility index (Phi) is 4.55. The van der Waals surface area contributed by atoms with Crippen molar-refractivity contribution in [2.45, 2.75) is 33.4 Å². The molecule has 2 heterocycles. The number of carbonyl (C=O) groups excluding carboxylic acids is 1. The molecule has 0 saturated heterocycles. The van der Waals surface area contributed by atoms with Gasteiger partial charge in [-0.25, -0.2) is 4.39 Å². The summed E-state index contributed by atoms with van der Waals surface area (Å²) < 4.78 is 17.6. The number of amides is 1. The number of benzene rings is 1. The lowest BCUT2D eigenvalue weighted by atomic mass is 10.3. The van der Waals surface area contributed by atoms with Gasteiger partial charge in [-0.15, -0.1) is 6.42 Å². The SMILES string of the molecule is C#CCn1c(=NC(=O)c2cc(C)nn2C(C)C)sc2cc(F)ccc21. The highest BCUT2D eigenvalue weighted by Crippen LogP contribution is 2.19. The van der Waals surface area contributed by atoms with E-state index in [1.165, 1.54) is 23.5 Å². The number of hydrogen-bond donors (Lipinski definition) is 0. The Balaban J connectivity index is 2.17. The van der Waals surface area contributed by atoms with E-state index in [0.717, 1.165) is 11.2 Å². The van der Waals surface area contributed by atoms with Crippen LogP contribution in [0.4, 0.5) is 4.39 Å². The first-order valence-electron chi connectivity index (χ1n) is 7.78. The zero-order valence-electron chi connectivity index (χ0n) is 14.2. The summed E-state index contributed by atoms with van der Waals surface area (Å²) in [5.41, 5.74) is 1.93. The monoisotopic (exact) mass is 356 g/mol. The van der Waals surface area contributed by atoms with Gasteiger partial charge in [-0.05, 0) is 45.0 Å². The van der Waals surface area contributed by atoms with Gasteiger partial charge in [0.15, 0.2) is 4.80 Å². The molecule has 0 N–H and O–H groups in total. The Morgan fingerprint density at radius 3 is 2.88 bits per heavy atom. The number of rotatable bonds is 3. The van der Waals surface area contributed by atoms with E-state index in [4.69, 9.17) is 6.42 Å². The molecule has 3 aromatic rings. The second-order valence-corrected chi connectivity index (χ2v) is 6.92. The van der Waals surface area contributed by atoms with Gasteiger partial charge in [-0.3, -0.25) is 9.48 Å². The van der Waals surface area contributed by atoms with Gasteiger partial charge in [0.05, 0.1) is 22.5 Å². The summed E-state index contributed by atoms with van der Waals surface area (Å²) in [4.78, 5) is 17.4. The summed E-state index contributed by atoms with van der Waals surface area (Å²) in [6.07, 6.45) is 5.44. The normalized spacial score (nSPS) is 12.1. The highest BCUT2D eigenvalue weighted by atomic mass is 32.1. The second kappa shape index (κ2) is 6.65. The van der Waals surface area contributed by atoms with Crippen LogP contribution in [0, 0.1) is 25.1 Å². The lowest BCUT2D eigenvalue weighted by molar-refractivity contribution is 0.0986. The van der Waals surface area contributed by atoms with Gasteiger partial charge in [0.2, 0.25) is 0 Å². The molecule has 0 aliphatic heterocycles. The second-order valence-electron chi connectivity index (χ2n) is 5.91. The van der Waals surface area contributed by atoms with Gasteiger partial charge in [-0.1, -0.05) is 17.3 Å². The number of aryl methyl sites for hydroxylation is 1. The van der Waals surface area contributed by atoms with Crippen LogP contribution in [0.3, 0.4) is 0 Å². The summed E-state index contributed by atoms with van der Waals surface area (Å²) in [5.74, 6) is 1.82. The van der Waals surface area contributed by atoms with Crippen molar-refractivity contribution in [1.29, 1.82) is 0 Å². The van der Waals surface area contributed by atoms with Crippen molar-refractivity contribution in [3.8, 4) is 12.3 Å². The van der Waals surface area contributed by atoms with E-state index in [1.807, 2.05) is 20.8 Å². The van der Waals surface area contributed by atoms with Crippen LogP contribution in [-0.4, -0.2) is 20.3 Å². The van der Waals surface area contributed by atoms with Crippen molar-refractivity contribution in [2.24, 2.45) is 4.99 Å². The summed E-state index contributed by atoms with van der Waals surface area (Å²) in [5, 5.41) is 4.34. The number of hydrogen-bond acceptors (Lipinski definition) is 3. The molecule has 5 nitrogen and oxygen atoms in total. The fourth-order valence-corrected chi connectivity index (χ4v) is 3.64. The first kappa shape index (κ1) is 17.1. The number of thiazole rings is 1. The van der Waals surface area contributed by atoms with Gasteiger partial charge in [0.25, 0.3) is 5.91 Å². The van der Waals surface area contributed by atoms with Gasteiger partial charge < -0.3 is 4.57 Å². The lowest BCUT2D eigenvalue weighted by Gasteiger charge is -2.07. The molecule has 0 bridgehead atoms. The van der Waals surface area contributed by atoms with Crippen LogP contribution in [0.1, 0.15) is 36.1 Å². The van der Waals surface area contributed by atoms with E-state index >= 15 is 0 Å². The zero-order chi connectivity index (χ0) is 18.1. The summed E-state index contributed by atoms with van der Waals surface area (Å²) in [6.45, 7) is 5.98. The molecule has 0 spiro atoms. The van der Waals surface area contributed by atoms with Gasteiger partial charge in [0, 0.05) is 6.04 Å². The van der Waals surface area contributed by atoms with Crippen LogP contribution in [0.15, 0.2) is 29.3 Å². The van der Waals surface area contributed by atoms with E-state index in [9.17, 15) is 9.18 Å². The average molecular weight is 356 g/mol. The molecule has 2 aromatic heterocycles. The van der Waals surface area contributed by atoms with E-state index in [-0.39, 0.29) is 18.4 Å². The van der Waals surface area contributed by atoms with Crippen LogP contribution in [-0.2, 0) is 6.54 Å². The van der Waals surface area contributed by atoms with E-state index in [2.05, 4.69) is 16.0 Å². The first-order valence-corrected chi connectivity index (χ1v) is 8.60. The Morgan fingerprint density at radius 2 is 2.20 bits per heavy atom. The number of aromatic nitrogens is 3. The third-order valence-corrected chi connectivity index (χ3v) is 4.70. The molecule has 0 aliphatic carbocycles. The summed E-state index contributed by atoms with van der Waals surface area (Å²) >= 11 is 1.23. The van der Waals surface area contributed by atoms with Crippen LogP contribution in [0.2, 0.25) is 0 Å². The third-order valence-electron chi connectivity index (χ3n) is 3.66. The maximum Gasteiger partial charge on any atom is 0.297 e. The average Bonchev–Trinajstić information content (AvgIpc) is 3.09. The fraction of sp³-hybridized carbons (Fsp3) is 0.278. The Hall–Kier alpha value is -2.72. The van der Waals surface area contributed by atoms with Gasteiger partial charge in [0.1, 0.15) is 11.5 Å². The first-order chi connectivity index (χ1) is 11.9. The van der Waals surface area contributed by atoms with Crippen molar-refractivity contribution in [3.05, 3.63) is 46.3 Å². The number of fused-ring (bicyclic) bond motifs is 1. The number of carbonyl (C=O) groups is 1. The van der Waals surface area contributed by atoms with E-state index in [1.54, 1.807) is 21.4 Å². The predicted octanol–water partition coefficient (Wildman–Crippen LogP) is 3.30. The molecular formula is C18H17FN4OS. The largest absolute Gasteiger partial charge is 0.305 e. The molecule has 0 atom stereocenters. The molecular weight excluding hydrogens is 339 g/mol. The fourth-order valence-electron chi connectivity index (χ4n) is 2.59. The third kappa shape index (κ3) is 3.26. The van der Waals surface area contributed by atoms with Crippen molar-refractivity contribution in [2.75, 3.05) is 0 Å². The molecule has 1 amide bonds. The number of nitrogens with zero attached hydrogens (tertiary/aromatic N) is 4. The summed E-state index contributed by atoms with van der Waals surface area (Å²) in [7, 11) is 0. The van der Waals surface area contributed by atoms with Crippen molar-refractivity contribution in [3.63, 3.8) is 0 Å². The highest BCUT2D eigenvalue weighted by Gasteiger charge is 2.16. The summed E-state index contributed by atoms with van der Waals surface area (Å²) in [6, 6.07) is 6.18. The Morgan fingerprint density at radius 1 is 1.44 bits per heavy atom. The van der Waals surface area contributed by atoms with Crippen LogP contribution < -0.4 is 4.80 Å². The number of halogens is 1. The molecule has 0 unspecified atom stereocenters. The highest BCUT2D eigenvalue weighted by molar-refractivity contribution is 7.16. The van der Waals surface area contributed by atoms with E-state index in [0.29, 0.717) is 15.2 Å². The topological polar surface area (TPSA) is 52.2 Å². The molecule has 0 fully saturated rings. The maximum absolute atomic E-state index is 13.5. The molecule has 0 radical (unpaired) electrons. The van der Waals surface area contributed by atoms with Crippen LogP contribution >= 0.6 is 11.3 Å². The molecule has 1 aromatic carbocycles. The smallest absolute Gasteiger partial charge is 0.297 e. The molecule has 128 valence electrons. The molecule has 0 saturated carbocycles. The standard InChI is InChI=1S/C18H17FN4OS/c1-5-8-22-14-7-6-13(19)10-16(14)25-18(22)20-17(24)15-9-12(4)21-23(15)11(2)3/h1,6-7,9-11H,8H2,2-4H3. The number of terminal acetylenes is 1. The molecule has 0 aliphatic rings. The van der Waals surface area contributed by atoms with Gasteiger partial charge in [-0.2, -0.15) is 10.1 Å². The van der Waals surface area contributed by atoms with E-state index < -0.39 is 5.91 Å². The molecule has 3 rings (SSSR count). The quantitative estimate of drug-likeness (QED) is 0.676. The predicted molar refractivity (Wildman–Crippen MR) is 95.8 cm³/mol. The Bertz CT molecular complexity index is 1070. The van der Waals surface area contributed by atoms with Crippen LogP contribution in [0.25, 0.3) is 10.2 Å². The minimum Gasteiger partial charge on any atom is -0.305 e. The van der Waals surface area contributed by atoms with Crippen molar-refractivity contribution < 1.29 is 9.18 Å². The van der Waals surface area contributed by atoms with Gasteiger partial charge >= 0.3 is 0 Å². The lowest BCUT2D eigenvalue weighted by Crippen LogP contribution is -2.18. The molecule has 7 heteroatoms. The minimum absolute atomic E-state index is 0.0391. The Labute approximate surface area is 148 Å². The van der Waals surface area contributed by atoms with Crippen molar-refractivity contribution in [1.82, 2.24) is 14.3 Å². The van der Waals surface area contributed by atoms with Crippen molar-refractivity contribution >= 4 is 27.5 Å².